The molecule has 0 radical (unpaired) electrons. The van der Waals surface area contributed by atoms with Crippen LogP contribution in [0.25, 0.3) is 12.2 Å². The third-order valence-corrected chi connectivity index (χ3v) is 4.18. The lowest BCUT2D eigenvalue weighted by Crippen LogP contribution is -1.72. The van der Waals surface area contributed by atoms with Gasteiger partial charge >= 0.3 is 0 Å². The average Bonchev–Trinajstić information content (AvgIpc) is 2.76. The first-order valence-electron chi connectivity index (χ1n) is 10.2. The number of allylic oxidation sites excluding steroid dienone is 14. The van der Waals surface area contributed by atoms with E-state index in [4.69, 9.17) is 0 Å². The molecule has 2 rings (SSSR count). The Morgan fingerprint density at radius 2 is 0.567 bits per heavy atom. The zero-order valence-electron chi connectivity index (χ0n) is 17.9. The van der Waals surface area contributed by atoms with Crippen molar-refractivity contribution in [3.05, 3.63) is 156 Å². The monoisotopic (exact) mass is 390 g/mol. The molecule has 30 heavy (non-hydrogen) atoms. The number of hydrogen-bond acceptors (Lipinski definition) is 0. The van der Waals surface area contributed by atoms with Crippen molar-refractivity contribution < 1.29 is 0 Å². The highest BCUT2D eigenvalue weighted by Crippen LogP contribution is 2.05. The summed E-state index contributed by atoms with van der Waals surface area (Å²) in [6.07, 6.45) is 32.5. The van der Waals surface area contributed by atoms with E-state index in [0.29, 0.717) is 0 Å². The Balaban J connectivity index is 1.62. The van der Waals surface area contributed by atoms with Crippen molar-refractivity contribution in [1.29, 1.82) is 0 Å². The lowest BCUT2D eigenvalue weighted by Gasteiger charge is -1.92. The Kier molecular flexibility index (Phi) is 10.8. The molecule has 0 saturated heterocycles. The molecule has 0 N–H and O–H groups in total. The lowest BCUT2D eigenvalue weighted by atomic mass is 10.1. The maximum atomic E-state index is 2.12. The van der Waals surface area contributed by atoms with Crippen LogP contribution in [0.5, 0.6) is 0 Å². The van der Waals surface area contributed by atoms with Gasteiger partial charge in [-0.2, -0.15) is 0 Å². The molecular weight excluding hydrogens is 360 g/mol. The van der Waals surface area contributed by atoms with E-state index >= 15 is 0 Å². The van der Waals surface area contributed by atoms with Crippen molar-refractivity contribution >= 4 is 12.2 Å². The summed E-state index contributed by atoms with van der Waals surface area (Å²) in [4.78, 5) is 0. The van der Waals surface area contributed by atoms with Crippen LogP contribution >= 0.6 is 0 Å². The topological polar surface area (TPSA) is 0 Å². The minimum atomic E-state index is 1.21. The van der Waals surface area contributed by atoms with Crippen LogP contribution in [0.1, 0.15) is 22.3 Å². The molecule has 0 amide bonds. The zero-order chi connectivity index (χ0) is 21.3. The number of benzene rings is 2. The molecule has 0 fully saturated rings. The minimum Gasteiger partial charge on any atom is -0.0623 e. The first kappa shape index (κ1) is 22.6. The second kappa shape index (κ2) is 14.4. The first-order chi connectivity index (χ1) is 14.7. The lowest BCUT2D eigenvalue weighted by molar-refractivity contribution is 1.46. The summed E-state index contributed by atoms with van der Waals surface area (Å²) in [6.45, 7) is 4.20. The Morgan fingerprint density at radius 3 is 0.833 bits per heavy atom. The maximum absolute atomic E-state index is 2.12. The van der Waals surface area contributed by atoms with E-state index in [1.54, 1.807) is 0 Å². The number of rotatable bonds is 9. The van der Waals surface area contributed by atoms with Crippen LogP contribution in [-0.2, 0) is 0 Å². The summed E-state index contributed by atoms with van der Waals surface area (Å²) in [6, 6.07) is 17.0. The molecule has 0 aliphatic heterocycles. The highest BCUT2D eigenvalue weighted by molar-refractivity contribution is 5.52. The molecule has 0 saturated carbocycles. The van der Waals surface area contributed by atoms with Gasteiger partial charge in [-0.3, -0.25) is 0 Å². The normalized spacial score (nSPS) is 13.3. The average molecular weight is 391 g/mol. The summed E-state index contributed by atoms with van der Waals surface area (Å²) in [5, 5.41) is 0. The molecule has 0 spiro atoms. The van der Waals surface area contributed by atoms with Crippen molar-refractivity contribution in [2.24, 2.45) is 0 Å². The minimum absolute atomic E-state index is 1.21. The fourth-order valence-electron chi connectivity index (χ4n) is 2.46. The van der Waals surface area contributed by atoms with E-state index in [1.807, 2.05) is 85.1 Å². The Labute approximate surface area is 182 Å². The quantitative estimate of drug-likeness (QED) is 0.377. The molecule has 150 valence electrons. The third-order valence-electron chi connectivity index (χ3n) is 4.18. The van der Waals surface area contributed by atoms with Gasteiger partial charge in [0.05, 0.1) is 0 Å². The van der Waals surface area contributed by atoms with Crippen molar-refractivity contribution in [3.8, 4) is 0 Å². The fraction of sp³-hybridized carbons (Fsp3) is 0.0667. The van der Waals surface area contributed by atoms with E-state index in [0.717, 1.165) is 0 Å². The van der Waals surface area contributed by atoms with E-state index in [1.165, 1.54) is 22.3 Å². The predicted octanol–water partition coefficient (Wildman–Crippen LogP) is 8.37. The van der Waals surface area contributed by atoms with Crippen molar-refractivity contribution in [3.63, 3.8) is 0 Å². The third kappa shape index (κ3) is 10.6. The van der Waals surface area contributed by atoms with Crippen LogP contribution < -0.4 is 0 Å². The molecule has 0 atom stereocenters. The van der Waals surface area contributed by atoms with E-state index in [9.17, 15) is 0 Å². The predicted molar refractivity (Wildman–Crippen MR) is 135 cm³/mol. The van der Waals surface area contributed by atoms with Crippen molar-refractivity contribution in [1.82, 2.24) is 0 Å². The largest absolute Gasteiger partial charge is 0.0623 e. The van der Waals surface area contributed by atoms with Crippen LogP contribution in [0.3, 0.4) is 0 Å². The van der Waals surface area contributed by atoms with Gasteiger partial charge in [-0.1, -0.05) is 157 Å². The summed E-state index contributed by atoms with van der Waals surface area (Å²) < 4.78 is 0. The molecule has 0 nitrogen and oxygen atoms in total. The van der Waals surface area contributed by atoms with Crippen molar-refractivity contribution in [2.45, 2.75) is 13.8 Å². The Bertz CT molecular complexity index is 884. The molecule has 2 aromatic carbocycles. The van der Waals surface area contributed by atoms with Gasteiger partial charge in [-0.05, 0) is 25.0 Å². The molecule has 0 bridgehead atoms. The van der Waals surface area contributed by atoms with Crippen LogP contribution in [0, 0.1) is 13.8 Å². The molecule has 0 unspecified atom stereocenters. The van der Waals surface area contributed by atoms with Gasteiger partial charge in [0.25, 0.3) is 0 Å². The number of hydrogen-bond donors (Lipinski definition) is 0. The standard InChI is InChI=1S/C30H30/c1-27-19-23-29(24-20-27)17-15-13-11-9-7-5-3-4-6-8-10-12-14-16-18-30-25-21-28(2)22-26-30/h3-26H,1-2H3/b5-3+,6-4+,9-7+,10-8+,13-11+,14-12+,17-15+,18-16+. The smallest absolute Gasteiger partial charge is 0.0256 e. The SMILES string of the molecule is Cc1ccc(/C=C/C=C/C=C/C=C/C=C/C=C/C=C/C=C/c2ccc(C)cc2)cc1. The first-order valence-corrected chi connectivity index (χ1v) is 10.2. The van der Waals surface area contributed by atoms with Gasteiger partial charge < -0.3 is 0 Å². The molecule has 0 aromatic heterocycles. The van der Waals surface area contributed by atoms with Gasteiger partial charge in [-0.25, -0.2) is 0 Å². The van der Waals surface area contributed by atoms with Crippen molar-refractivity contribution in [2.75, 3.05) is 0 Å². The van der Waals surface area contributed by atoms with Gasteiger partial charge in [0.2, 0.25) is 0 Å². The maximum Gasteiger partial charge on any atom is -0.0256 e. The van der Waals surface area contributed by atoms with E-state index < -0.39 is 0 Å². The van der Waals surface area contributed by atoms with Gasteiger partial charge in [0.1, 0.15) is 0 Å². The second-order valence-electron chi connectivity index (χ2n) is 6.85. The summed E-state index contributed by atoms with van der Waals surface area (Å²) >= 11 is 0. The summed E-state index contributed by atoms with van der Waals surface area (Å²) in [5.74, 6) is 0. The highest BCUT2D eigenvalue weighted by Gasteiger charge is 1.85. The molecular formula is C30H30. The number of aryl methyl sites for hydroxylation is 2. The van der Waals surface area contributed by atoms with Gasteiger partial charge in [0, 0.05) is 0 Å². The van der Waals surface area contributed by atoms with Crippen LogP contribution in [-0.4, -0.2) is 0 Å². The summed E-state index contributed by atoms with van der Waals surface area (Å²) in [5.41, 5.74) is 4.99. The molecule has 0 heterocycles. The molecule has 0 heteroatoms. The highest BCUT2D eigenvalue weighted by atomic mass is 13.9. The van der Waals surface area contributed by atoms with E-state index in [2.05, 4.69) is 74.5 Å². The van der Waals surface area contributed by atoms with Gasteiger partial charge in [0.15, 0.2) is 0 Å². The molecule has 2 aromatic rings. The van der Waals surface area contributed by atoms with Crippen LogP contribution in [0.4, 0.5) is 0 Å². The second-order valence-corrected chi connectivity index (χ2v) is 6.85. The zero-order valence-corrected chi connectivity index (χ0v) is 17.9. The van der Waals surface area contributed by atoms with Gasteiger partial charge in [-0.15, -0.1) is 0 Å². The van der Waals surface area contributed by atoms with E-state index in [-0.39, 0.29) is 0 Å². The Hall–Kier alpha value is -3.64. The Morgan fingerprint density at radius 1 is 0.333 bits per heavy atom. The fourth-order valence-corrected chi connectivity index (χ4v) is 2.46. The summed E-state index contributed by atoms with van der Waals surface area (Å²) in [7, 11) is 0. The molecule has 0 aliphatic rings. The molecule has 0 aliphatic carbocycles. The van der Waals surface area contributed by atoms with Crippen LogP contribution in [0.2, 0.25) is 0 Å². The van der Waals surface area contributed by atoms with Crippen LogP contribution in [0.15, 0.2) is 134 Å².